The molecule has 2 aromatic rings. The molecular formula is C20H25N3O6S2. The van der Waals surface area contributed by atoms with E-state index in [0.717, 1.165) is 10.8 Å². The first-order valence-corrected chi connectivity index (χ1v) is 12.1. The molecule has 9 nitrogen and oxygen atoms in total. The summed E-state index contributed by atoms with van der Waals surface area (Å²) in [5.74, 6) is 0.647. The summed E-state index contributed by atoms with van der Waals surface area (Å²) in [6, 6.07) is 6.21. The Morgan fingerprint density at radius 1 is 1.23 bits per heavy atom. The molecule has 31 heavy (non-hydrogen) atoms. The van der Waals surface area contributed by atoms with Gasteiger partial charge in [-0.2, -0.15) is 4.31 Å². The summed E-state index contributed by atoms with van der Waals surface area (Å²) in [5.41, 5.74) is 0.522. The lowest BCUT2D eigenvalue weighted by Crippen LogP contribution is -2.40. The topological polar surface area (TPSA) is 107 Å². The minimum absolute atomic E-state index is 0.0423. The number of aromatic nitrogens is 1. The molecule has 0 radical (unpaired) electrons. The number of anilines is 1. The van der Waals surface area contributed by atoms with E-state index in [0.29, 0.717) is 18.9 Å². The SMILES string of the molecule is CCSc1ccc(NC(=O)c2cc(S(=O)(=O)N3CCOCC3)cc(OC)c2OC)cn1. The maximum atomic E-state index is 13.1. The molecule has 1 N–H and O–H groups in total. The predicted octanol–water partition coefficient (Wildman–Crippen LogP) is 2.48. The maximum Gasteiger partial charge on any atom is 0.259 e. The summed E-state index contributed by atoms with van der Waals surface area (Å²) in [4.78, 5) is 17.3. The molecule has 0 aliphatic carbocycles. The Balaban J connectivity index is 1.95. The number of pyridine rings is 1. The van der Waals surface area contributed by atoms with E-state index in [4.69, 9.17) is 14.2 Å². The van der Waals surface area contributed by atoms with Gasteiger partial charge in [-0.3, -0.25) is 4.79 Å². The van der Waals surface area contributed by atoms with Gasteiger partial charge < -0.3 is 19.5 Å². The third-order valence-electron chi connectivity index (χ3n) is 4.59. The number of carbonyl (C=O) groups is 1. The van der Waals surface area contributed by atoms with E-state index >= 15 is 0 Å². The zero-order chi connectivity index (χ0) is 22.4. The Bertz CT molecular complexity index is 1020. The number of benzene rings is 1. The molecule has 11 heteroatoms. The average Bonchev–Trinajstić information content (AvgIpc) is 2.80. The van der Waals surface area contributed by atoms with Gasteiger partial charge in [-0.05, 0) is 24.0 Å². The maximum absolute atomic E-state index is 13.1. The lowest BCUT2D eigenvalue weighted by molar-refractivity contribution is 0.0730. The van der Waals surface area contributed by atoms with Crippen molar-refractivity contribution in [2.24, 2.45) is 0 Å². The van der Waals surface area contributed by atoms with Crippen molar-refractivity contribution in [3.63, 3.8) is 0 Å². The van der Waals surface area contributed by atoms with Gasteiger partial charge in [-0.25, -0.2) is 13.4 Å². The number of hydrogen-bond donors (Lipinski definition) is 1. The molecule has 2 heterocycles. The van der Waals surface area contributed by atoms with Gasteiger partial charge in [-0.15, -0.1) is 11.8 Å². The molecular weight excluding hydrogens is 442 g/mol. The van der Waals surface area contributed by atoms with Crippen molar-refractivity contribution in [3.8, 4) is 11.5 Å². The Morgan fingerprint density at radius 2 is 1.97 bits per heavy atom. The van der Waals surface area contributed by atoms with Crippen LogP contribution >= 0.6 is 11.8 Å². The molecule has 1 saturated heterocycles. The highest BCUT2D eigenvalue weighted by molar-refractivity contribution is 7.99. The highest BCUT2D eigenvalue weighted by Crippen LogP contribution is 2.35. The van der Waals surface area contributed by atoms with Gasteiger partial charge in [0.1, 0.15) is 0 Å². The quantitative estimate of drug-likeness (QED) is 0.590. The fourth-order valence-corrected chi connectivity index (χ4v) is 5.12. The number of carbonyl (C=O) groups excluding carboxylic acids is 1. The summed E-state index contributed by atoms with van der Waals surface area (Å²) in [6.07, 6.45) is 1.55. The normalized spacial score (nSPS) is 14.8. The van der Waals surface area contributed by atoms with Gasteiger partial charge in [0, 0.05) is 19.2 Å². The smallest absolute Gasteiger partial charge is 0.259 e. The van der Waals surface area contributed by atoms with E-state index in [-0.39, 0.29) is 35.0 Å². The zero-order valence-corrected chi connectivity index (χ0v) is 19.2. The number of rotatable bonds is 8. The van der Waals surface area contributed by atoms with Crippen molar-refractivity contribution in [2.75, 3.05) is 51.6 Å². The molecule has 0 saturated carbocycles. The number of morpholine rings is 1. The second-order valence-corrected chi connectivity index (χ2v) is 9.72. The van der Waals surface area contributed by atoms with Crippen LogP contribution in [-0.2, 0) is 14.8 Å². The molecule has 1 fully saturated rings. The first-order chi connectivity index (χ1) is 14.9. The van der Waals surface area contributed by atoms with E-state index in [1.54, 1.807) is 30.1 Å². The number of hydrogen-bond acceptors (Lipinski definition) is 8. The summed E-state index contributed by atoms with van der Waals surface area (Å²) in [5, 5.41) is 3.58. The number of thioether (sulfide) groups is 1. The summed E-state index contributed by atoms with van der Waals surface area (Å²) in [6.45, 7) is 3.15. The predicted molar refractivity (Wildman–Crippen MR) is 118 cm³/mol. The summed E-state index contributed by atoms with van der Waals surface area (Å²) >= 11 is 1.59. The third-order valence-corrected chi connectivity index (χ3v) is 7.29. The van der Waals surface area contributed by atoms with Gasteiger partial charge >= 0.3 is 0 Å². The number of methoxy groups -OCH3 is 2. The number of nitrogens with one attached hydrogen (secondary N) is 1. The van der Waals surface area contributed by atoms with Crippen LogP contribution < -0.4 is 14.8 Å². The lowest BCUT2D eigenvalue weighted by Gasteiger charge is -2.26. The van der Waals surface area contributed by atoms with Crippen molar-refractivity contribution >= 4 is 33.4 Å². The monoisotopic (exact) mass is 467 g/mol. The van der Waals surface area contributed by atoms with Crippen molar-refractivity contribution in [1.29, 1.82) is 0 Å². The van der Waals surface area contributed by atoms with E-state index < -0.39 is 15.9 Å². The minimum Gasteiger partial charge on any atom is -0.493 e. The Labute approximate surface area is 186 Å². The van der Waals surface area contributed by atoms with E-state index in [1.807, 2.05) is 6.92 Å². The number of amides is 1. The second kappa shape index (κ2) is 10.3. The molecule has 1 aromatic heterocycles. The summed E-state index contributed by atoms with van der Waals surface area (Å²) < 4.78 is 43.5. The standard InChI is InChI=1S/C20H25N3O6S2/c1-4-30-18-6-5-14(13-21-18)22-20(24)16-11-15(12-17(27-2)19(16)28-3)31(25,26)23-7-9-29-10-8-23/h5-6,11-13H,4,7-10H2,1-3H3,(H,22,24). The first-order valence-electron chi connectivity index (χ1n) is 9.64. The highest BCUT2D eigenvalue weighted by Gasteiger charge is 2.30. The molecule has 1 amide bonds. The summed E-state index contributed by atoms with van der Waals surface area (Å²) in [7, 11) is -1.06. The van der Waals surface area contributed by atoms with Crippen LogP contribution in [0.15, 0.2) is 40.4 Å². The molecule has 0 bridgehead atoms. The van der Waals surface area contributed by atoms with Crippen LogP contribution in [0.4, 0.5) is 5.69 Å². The van der Waals surface area contributed by atoms with Crippen molar-refractivity contribution < 1.29 is 27.4 Å². The number of sulfonamides is 1. The Kier molecular flexibility index (Phi) is 7.76. The first kappa shape index (κ1) is 23.3. The van der Waals surface area contributed by atoms with Crippen LogP contribution in [0.3, 0.4) is 0 Å². The van der Waals surface area contributed by atoms with Crippen molar-refractivity contribution in [3.05, 3.63) is 36.0 Å². The molecule has 168 valence electrons. The van der Waals surface area contributed by atoms with Crippen LogP contribution in [0.25, 0.3) is 0 Å². The Morgan fingerprint density at radius 3 is 2.55 bits per heavy atom. The minimum atomic E-state index is -3.84. The van der Waals surface area contributed by atoms with Gasteiger partial charge in [0.25, 0.3) is 5.91 Å². The largest absolute Gasteiger partial charge is 0.493 e. The highest BCUT2D eigenvalue weighted by atomic mass is 32.2. The van der Waals surface area contributed by atoms with Crippen molar-refractivity contribution in [2.45, 2.75) is 16.8 Å². The van der Waals surface area contributed by atoms with Crippen LogP contribution in [-0.4, -0.2) is 69.9 Å². The average molecular weight is 468 g/mol. The number of ether oxygens (including phenoxy) is 3. The molecule has 1 aromatic carbocycles. The Hall–Kier alpha value is -2.34. The molecule has 3 rings (SSSR count). The molecule has 1 aliphatic heterocycles. The fourth-order valence-electron chi connectivity index (χ4n) is 3.08. The number of nitrogens with zero attached hydrogens (tertiary/aromatic N) is 2. The van der Waals surface area contributed by atoms with E-state index in [9.17, 15) is 13.2 Å². The van der Waals surface area contributed by atoms with E-state index in [2.05, 4.69) is 10.3 Å². The molecule has 0 spiro atoms. The van der Waals surface area contributed by atoms with Gasteiger partial charge in [0.2, 0.25) is 10.0 Å². The van der Waals surface area contributed by atoms with Crippen LogP contribution in [0.1, 0.15) is 17.3 Å². The molecule has 1 aliphatic rings. The van der Waals surface area contributed by atoms with Gasteiger partial charge in [-0.1, -0.05) is 6.92 Å². The lowest BCUT2D eigenvalue weighted by atomic mass is 10.1. The van der Waals surface area contributed by atoms with Crippen molar-refractivity contribution in [1.82, 2.24) is 9.29 Å². The van der Waals surface area contributed by atoms with Gasteiger partial charge in [0.05, 0.1) is 54.8 Å². The van der Waals surface area contributed by atoms with Crippen LogP contribution in [0.2, 0.25) is 0 Å². The van der Waals surface area contributed by atoms with Gasteiger partial charge in [0.15, 0.2) is 11.5 Å². The fraction of sp³-hybridized carbons (Fsp3) is 0.400. The molecule has 0 unspecified atom stereocenters. The molecule has 0 atom stereocenters. The van der Waals surface area contributed by atoms with E-state index in [1.165, 1.54) is 30.7 Å². The second-order valence-electron chi connectivity index (χ2n) is 6.50. The van der Waals surface area contributed by atoms with Crippen LogP contribution in [0.5, 0.6) is 11.5 Å². The van der Waals surface area contributed by atoms with Crippen LogP contribution in [0, 0.1) is 0 Å². The third kappa shape index (κ3) is 5.29. The zero-order valence-electron chi connectivity index (χ0n) is 17.6.